The molecule has 0 radical (unpaired) electrons. The number of rotatable bonds is 22. The molecule has 1 N–H and O–H groups in total. The summed E-state index contributed by atoms with van der Waals surface area (Å²) in [7, 11) is -4.08. The van der Waals surface area contributed by atoms with Gasteiger partial charge in [-0.1, -0.05) is 118 Å². The zero-order valence-corrected chi connectivity index (χ0v) is 23.2. The molecule has 33 heavy (non-hydrogen) atoms. The maximum absolute atomic E-state index is 12.7. The largest absolute Gasteiger partial charge is 0.472 e. The number of hydrogen-bond acceptors (Lipinski definition) is 4. The van der Waals surface area contributed by atoms with Crippen LogP contribution >= 0.6 is 7.82 Å². The Morgan fingerprint density at radius 1 is 0.818 bits per heavy atom. The normalized spacial score (nSPS) is 20.7. The van der Waals surface area contributed by atoms with Gasteiger partial charge in [0.25, 0.3) is 0 Å². The fourth-order valence-electron chi connectivity index (χ4n) is 5.11. The van der Waals surface area contributed by atoms with Crippen molar-refractivity contribution >= 4 is 7.82 Å². The summed E-state index contributed by atoms with van der Waals surface area (Å²) in [6, 6.07) is 0. The van der Waals surface area contributed by atoms with Gasteiger partial charge in [-0.25, -0.2) is 4.57 Å². The fourth-order valence-corrected chi connectivity index (χ4v) is 6.10. The van der Waals surface area contributed by atoms with Crippen LogP contribution in [0.1, 0.15) is 137 Å². The van der Waals surface area contributed by atoms with Gasteiger partial charge in [-0.05, 0) is 31.1 Å². The highest BCUT2D eigenvalue weighted by Gasteiger charge is 2.37. The molecule has 0 aromatic carbocycles. The van der Waals surface area contributed by atoms with Crippen LogP contribution in [0.15, 0.2) is 0 Å². The second-order valence-corrected chi connectivity index (χ2v) is 11.5. The number of hydrogen-bond donors (Lipinski definition) is 1. The van der Waals surface area contributed by atoms with Crippen LogP contribution in [0, 0.1) is 11.8 Å². The minimum Gasteiger partial charge on any atom is -0.375 e. The number of phosphoric ester groups is 1. The van der Waals surface area contributed by atoms with Crippen LogP contribution < -0.4 is 0 Å². The van der Waals surface area contributed by atoms with Crippen molar-refractivity contribution in [3.63, 3.8) is 0 Å². The van der Waals surface area contributed by atoms with E-state index in [1.807, 2.05) is 0 Å². The Bertz CT molecular complexity index is 481. The Hall–Kier alpha value is 0.0700. The highest BCUT2D eigenvalue weighted by molar-refractivity contribution is 7.47. The van der Waals surface area contributed by atoms with E-state index in [1.165, 1.54) is 64.2 Å². The van der Waals surface area contributed by atoms with Gasteiger partial charge >= 0.3 is 7.82 Å². The SMILES string of the molecule is CCCCCCC(CCCCCC)C1CCO[C@H]1COP(=O)(O)OC(CCCC)CCCC. The van der Waals surface area contributed by atoms with Gasteiger partial charge in [-0.2, -0.15) is 0 Å². The Kier molecular flexibility index (Phi) is 18.2. The molecule has 1 rings (SSSR count). The van der Waals surface area contributed by atoms with Gasteiger partial charge in [0, 0.05) is 6.61 Å². The van der Waals surface area contributed by atoms with E-state index in [9.17, 15) is 9.46 Å². The molecule has 0 aromatic heterocycles. The van der Waals surface area contributed by atoms with E-state index >= 15 is 0 Å². The molecule has 0 aromatic rings. The molecular formula is C27H55O5P. The van der Waals surface area contributed by atoms with E-state index in [1.54, 1.807) is 0 Å². The lowest BCUT2D eigenvalue weighted by molar-refractivity contribution is 0.0112. The lowest BCUT2D eigenvalue weighted by atomic mass is 9.80. The molecule has 1 aliphatic rings. The van der Waals surface area contributed by atoms with Crippen LogP contribution in [0.3, 0.4) is 0 Å². The lowest BCUT2D eigenvalue weighted by Crippen LogP contribution is -2.28. The second kappa shape index (κ2) is 19.3. The number of ether oxygens (including phenoxy) is 1. The molecule has 1 aliphatic heterocycles. The van der Waals surface area contributed by atoms with Crippen LogP contribution in [0.2, 0.25) is 0 Å². The molecule has 5 nitrogen and oxygen atoms in total. The monoisotopic (exact) mass is 490 g/mol. The maximum atomic E-state index is 12.7. The van der Waals surface area contributed by atoms with Crippen molar-refractivity contribution < 1.29 is 23.2 Å². The smallest absolute Gasteiger partial charge is 0.375 e. The molecule has 0 saturated carbocycles. The van der Waals surface area contributed by atoms with E-state index in [0.717, 1.165) is 51.6 Å². The highest BCUT2D eigenvalue weighted by atomic mass is 31.2. The predicted octanol–water partition coefficient (Wildman–Crippen LogP) is 8.83. The standard InChI is InChI=1S/C27H55O5P/c1-5-9-13-15-17-24(18-16-14-10-6-2)26-21-22-30-27(26)23-31-33(28,29)32-25(19-11-7-3)20-12-8-4/h24-27H,5-23H2,1-4H3,(H,28,29)/t26?,27-/m0/s1. The predicted molar refractivity (Wildman–Crippen MR) is 139 cm³/mol. The zero-order valence-electron chi connectivity index (χ0n) is 22.3. The van der Waals surface area contributed by atoms with E-state index in [-0.39, 0.29) is 18.8 Å². The number of unbranched alkanes of at least 4 members (excludes halogenated alkanes) is 8. The third kappa shape index (κ3) is 14.3. The quantitative estimate of drug-likeness (QED) is 0.121. The molecule has 0 amide bonds. The average molecular weight is 491 g/mol. The molecular weight excluding hydrogens is 435 g/mol. The van der Waals surface area contributed by atoms with E-state index in [4.69, 9.17) is 13.8 Å². The van der Waals surface area contributed by atoms with Crippen molar-refractivity contribution in [3.05, 3.63) is 0 Å². The maximum Gasteiger partial charge on any atom is 0.472 e. The molecule has 0 aliphatic carbocycles. The molecule has 198 valence electrons. The first kappa shape index (κ1) is 31.1. The Morgan fingerprint density at radius 3 is 1.88 bits per heavy atom. The molecule has 6 heteroatoms. The van der Waals surface area contributed by atoms with Crippen molar-refractivity contribution in [3.8, 4) is 0 Å². The molecule has 1 saturated heterocycles. The summed E-state index contributed by atoms with van der Waals surface area (Å²) in [5.41, 5.74) is 0. The van der Waals surface area contributed by atoms with Crippen LogP contribution in [0.25, 0.3) is 0 Å². The number of phosphoric acid groups is 1. The Balaban J connectivity index is 2.63. The summed E-state index contributed by atoms with van der Waals surface area (Å²) in [5, 5.41) is 0. The minimum atomic E-state index is -4.08. The average Bonchev–Trinajstić information content (AvgIpc) is 3.27. The van der Waals surface area contributed by atoms with Gasteiger partial charge in [0.05, 0.1) is 18.8 Å². The molecule has 2 unspecified atom stereocenters. The van der Waals surface area contributed by atoms with Crippen molar-refractivity contribution in [2.75, 3.05) is 13.2 Å². The lowest BCUT2D eigenvalue weighted by Gasteiger charge is -2.29. The molecule has 0 bridgehead atoms. The van der Waals surface area contributed by atoms with Crippen LogP contribution in [0.5, 0.6) is 0 Å². The van der Waals surface area contributed by atoms with Crippen LogP contribution in [-0.2, 0) is 18.3 Å². The minimum absolute atomic E-state index is 0.0961. The second-order valence-electron chi connectivity index (χ2n) is 10.1. The highest BCUT2D eigenvalue weighted by Crippen LogP contribution is 2.47. The summed E-state index contributed by atoms with van der Waals surface area (Å²) in [4.78, 5) is 10.4. The van der Waals surface area contributed by atoms with Gasteiger partial charge in [-0.15, -0.1) is 0 Å². The summed E-state index contributed by atoms with van der Waals surface area (Å²) in [5.74, 6) is 1.04. The third-order valence-electron chi connectivity index (χ3n) is 7.17. The molecule has 3 atom stereocenters. The van der Waals surface area contributed by atoms with Gasteiger partial charge in [0.2, 0.25) is 0 Å². The molecule has 1 fully saturated rings. The topological polar surface area (TPSA) is 65.0 Å². The van der Waals surface area contributed by atoms with E-state index in [0.29, 0.717) is 11.8 Å². The van der Waals surface area contributed by atoms with E-state index in [2.05, 4.69) is 27.7 Å². The fraction of sp³-hybridized carbons (Fsp3) is 1.00. The Labute approximate surface area is 205 Å². The molecule has 0 spiro atoms. The first-order valence-electron chi connectivity index (χ1n) is 14.2. The van der Waals surface area contributed by atoms with Crippen molar-refractivity contribution in [2.24, 2.45) is 11.8 Å². The Morgan fingerprint density at radius 2 is 1.36 bits per heavy atom. The zero-order chi connectivity index (χ0) is 24.4. The van der Waals surface area contributed by atoms with Crippen LogP contribution in [0.4, 0.5) is 0 Å². The van der Waals surface area contributed by atoms with Crippen molar-refractivity contribution in [2.45, 2.75) is 149 Å². The van der Waals surface area contributed by atoms with Crippen molar-refractivity contribution in [1.82, 2.24) is 0 Å². The van der Waals surface area contributed by atoms with Gasteiger partial charge in [0.15, 0.2) is 0 Å². The summed E-state index contributed by atoms with van der Waals surface area (Å²) in [6.45, 7) is 9.66. The van der Waals surface area contributed by atoms with Crippen LogP contribution in [-0.4, -0.2) is 30.3 Å². The first-order chi connectivity index (χ1) is 16.0. The van der Waals surface area contributed by atoms with Gasteiger partial charge < -0.3 is 9.63 Å². The first-order valence-corrected chi connectivity index (χ1v) is 15.7. The summed E-state index contributed by atoms with van der Waals surface area (Å²) < 4.78 is 29.9. The molecule has 1 heterocycles. The third-order valence-corrected chi connectivity index (χ3v) is 8.21. The summed E-state index contributed by atoms with van der Waals surface area (Å²) in [6.07, 6.45) is 19.2. The summed E-state index contributed by atoms with van der Waals surface area (Å²) >= 11 is 0. The van der Waals surface area contributed by atoms with Gasteiger partial charge in [-0.3, -0.25) is 9.05 Å². The van der Waals surface area contributed by atoms with Crippen molar-refractivity contribution in [1.29, 1.82) is 0 Å². The van der Waals surface area contributed by atoms with Gasteiger partial charge in [0.1, 0.15) is 0 Å². The van der Waals surface area contributed by atoms with E-state index < -0.39 is 7.82 Å².